The van der Waals surface area contributed by atoms with Crippen LogP contribution in [0.5, 0.6) is 0 Å². The van der Waals surface area contributed by atoms with E-state index in [1.165, 1.54) is 27.7 Å². The van der Waals surface area contributed by atoms with Crippen molar-refractivity contribution in [2.75, 3.05) is 24.6 Å². The molecule has 0 N–H and O–H groups in total. The third-order valence-electron chi connectivity index (χ3n) is 5.14. The van der Waals surface area contributed by atoms with Crippen LogP contribution in [0.15, 0.2) is 34.5 Å². The third-order valence-corrected chi connectivity index (χ3v) is 5.14. The van der Waals surface area contributed by atoms with Crippen molar-refractivity contribution in [3.8, 4) is 6.07 Å². The van der Waals surface area contributed by atoms with Crippen LogP contribution in [-0.4, -0.2) is 35.5 Å². The number of hydrogen-bond donors (Lipinski definition) is 0. The van der Waals surface area contributed by atoms with Crippen LogP contribution in [-0.2, 0) is 9.53 Å². The summed E-state index contributed by atoms with van der Waals surface area (Å²) in [5, 5.41) is 40.1. The SMILES string of the molecule is CC(=O)OCCN(CCC#N)c1ccc(N=Nc2c(C)c([N+](=O)[O-])c(C)c([N+](=O)[O-])c2C)cc1. The first-order valence-electron chi connectivity index (χ1n) is 10.3. The molecule has 0 atom stereocenters. The molecule has 0 radical (unpaired) electrons. The van der Waals surface area contributed by atoms with Crippen LogP contribution < -0.4 is 4.90 Å². The summed E-state index contributed by atoms with van der Waals surface area (Å²) in [6, 6.07) is 8.89. The van der Waals surface area contributed by atoms with Gasteiger partial charge >= 0.3 is 5.97 Å². The highest BCUT2D eigenvalue weighted by Crippen LogP contribution is 2.42. The quantitative estimate of drug-likeness (QED) is 0.200. The topological polar surface area (TPSA) is 164 Å². The molecule has 0 spiro atoms. The molecule has 0 aromatic heterocycles. The molecule has 12 heteroatoms. The highest BCUT2D eigenvalue weighted by molar-refractivity contribution is 5.73. The Balaban J connectivity index is 2.36. The van der Waals surface area contributed by atoms with Crippen LogP contribution in [0.2, 0.25) is 0 Å². The summed E-state index contributed by atoms with van der Waals surface area (Å²) in [5.41, 5.74) is 0.914. The van der Waals surface area contributed by atoms with Gasteiger partial charge in [0.15, 0.2) is 0 Å². The smallest absolute Gasteiger partial charge is 0.302 e. The number of anilines is 1. The van der Waals surface area contributed by atoms with Crippen LogP contribution in [0.4, 0.5) is 28.4 Å². The molecule has 0 aliphatic heterocycles. The fraction of sp³-hybridized carbons (Fsp3) is 0.364. The number of nitrogens with zero attached hydrogens (tertiary/aromatic N) is 6. The number of nitro benzene ring substituents is 2. The first kappa shape index (κ1) is 25.9. The molecule has 12 nitrogen and oxygen atoms in total. The zero-order chi connectivity index (χ0) is 25.4. The van der Waals surface area contributed by atoms with Gasteiger partial charge in [0.1, 0.15) is 17.9 Å². The standard InChI is InChI=1S/C22H24N6O6/c1-14-20(15(2)22(28(32)33)16(3)21(14)27(30)31)25-24-18-6-8-19(9-7-18)26(11-5-10-23)12-13-34-17(4)29/h6-9H,5,11-13H2,1-4H3. The molecule has 0 bridgehead atoms. The molecular weight excluding hydrogens is 444 g/mol. The summed E-state index contributed by atoms with van der Waals surface area (Å²) in [5.74, 6) is -0.391. The van der Waals surface area contributed by atoms with E-state index in [1.54, 1.807) is 24.3 Å². The molecule has 0 saturated heterocycles. The van der Waals surface area contributed by atoms with Crippen molar-refractivity contribution in [2.24, 2.45) is 10.2 Å². The second-order valence-corrected chi connectivity index (χ2v) is 7.39. The fourth-order valence-electron chi connectivity index (χ4n) is 3.57. The molecule has 34 heavy (non-hydrogen) atoms. The van der Waals surface area contributed by atoms with Crippen molar-refractivity contribution in [3.05, 3.63) is 61.2 Å². The lowest BCUT2D eigenvalue weighted by Crippen LogP contribution is -2.28. The van der Waals surface area contributed by atoms with Gasteiger partial charge in [0.2, 0.25) is 0 Å². The third kappa shape index (κ3) is 6.10. The summed E-state index contributed by atoms with van der Waals surface area (Å²) in [4.78, 5) is 34.6. The summed E-state index contributed by atoms with van der Waals surface area (Å²) in [6.07, 6.45) is 0.283. The Labute approximate surface area is 195 Å². The second-order valence-electron chi connectivity index (χ2n) is 7.39. The van der Waals surface area contributed by atoms with Crippen molar-refractivity contribution in [2.45, 2.75) is 34.1 Å². The van der Waals surface area contributed by atoms with Crippen LogP contribution in [0, 0.1) is 52.3 Å². The Kier molecular flexibility index (Phi) is 8.72. The van der Waals surface area contributed by atoms with E-state index in [2.05, 4.69) is 16.3 Å². The minimum absolute atomic E-state index is 0.0282. The minimum Gasteiger partial charge on any atom is -0.464 e. The maximum absolute atomic E-state index is 11.5. The Morgan fingerprint density at radius 1 is 1.00 bits per heavy atom. The number of hydrogen-bond acceptors (Lipinski definition) is 10. The largest absolute Gasteiger partial charge is 0.464 e. The molecule has 178 valence electrons. The van der Waals surface area contributed by atoms with E-state index in [9.17, 15) is 25.0 Å². The highest BCUT2D eigenvalue weighted by Gasteiger charge is 2.31. The number of ether oxygens (including phenoxy) is 1. The second kappa shape index (κ2) is 11.5. The van der Waals surface area contributed by atoms with Gasteiger partial charge in [-0.15, -0.1) is 5.11 Å². The van der Waals surface area contributed by atoms with E-state index in [4.69, 9.17) is 10.00 Å². The summed E-state index contributed by atoms with van der Waals surface area (Å²) >= 11 is 0. The summed E-state index contributed by atoms with van der Waals surface area (Å²) in [6.45, 7) is 6.64. The van der Waals surface area contributed by atoms with E-state index in [0.29, 0.717) is 18.8 Å². The lowest BCUT2D eigenvalue weighted by atomic mass is 10.00. The lowest BCUT2D eigenvalue weighted by Gasteiger charge is -2.23. The van der Waals surface area contributed by atoms with E-state index >= 15 is 0 Å². The number of benzene rings is 2. The van der Waals surface area contributed by atoms with Crippen LogP contribution in [0.25, 0.3) is 0 Å². The lowest BCUT2D eigenvalue weighted by molar-refractivity contribution is -0.395. The molecule has 0 aliphatic carbocycles. The van der Waals surface area contributed by atoms with Gasteiger partial charge in [-0.05, 0) is 45.0 Å². The van der Waals surface area contributed by atoms with Gasteiger partial charge in [-0.2, -0.15) is 10.4 Å². The van der Waals surface area contributed by atoms with E-state index < -0.39 is 15.8 Å². The predicted octanol–water partition coefficient (Wildman–Crippen LogP) is 5.13. The van der Waals surface area contributed by atoms with Gasteiger partial charge < -0.3 is 9.64 Å². The van der Waals surface area contributed by atoms with Gasteiger partial charge in [0.05, 0.1) is 45.7 Å². The van der Waals surface area contributed by atoms with Gasteiger partial charge in [-0.3, -0.25) is 25.0 Å². The number of esters is 1. The number of rotatable bonds is 10. The van der Waals surface area contributed by atoms with Crippen LogP contribution in [0.3, 0.4) is 0 Å². The molecule has 2 aromatic rings. The van der Waals surface area contributed by atoms with E-state index in [1.807, 2.05) is 4.90 Å². The molecule has 0 unspecified atom stereocenters. The van der Waals surface area contributed by atoms with Crippen molar-refractivity contribution < 1.29 is 19.4 Å². The molecule has 0 saturated carbocycles. The van der Waals surface area contributed by atoms with Gasteiger partial charge in [0, 0.05) is 19.2 Å². The minimum atomic E-state index is -0.656. The zero-order valence-corrected chi connectivity index (χ0v) is 19.3. The molecular formula is C22H24N6O6. The van der Waals surface area contributed by atoms with Crippen molar-refractivity contribution in [1.29, 1.82) is 5.26 Å². The van der Waals surface area contributed by atoms with Crippen LogP contribution >= 0.6 is 0 Å². The summed E-state index contributed by atoms with van der Waals surface area (Å²) < 4.78 is 4.98. The van der Waals surface area contributed by atoms with Gasteiger partial charge in [-0.25, -0.2) is 0 Å². The molecule has 0 heterocycles. The van der Waals surface area contributed by atoms with Gasteiger partial charge in [0.25, 0.3) is 11.4 Å². The molecule has 0 fully saturated rings. The predicted molar refractivity (Wildman–Crippen MR) is 124 cm³/mol. The van der Waals surface area contributed by atoms with Crippen molar-refractivity contribution in [1.82, 2.24) is 0 Å². The van der Waals surface area contributed by atoms with E-state index in [0.717, 1.165) is 5.69 Å². The van der Waals surface area contributed by atoms with Crippen molar-refractivity contribution in [3.63, 3.8) is 0 Å². The van der Waals surface area contributed by atoms with Gasteiger partial charge in [-0.1, -0.05) is 0 Å². The molecule has 2 aromatic carbocycles. The molecule has 0 aliphatic rings. The number of carbonyl (C=O) groups is 1. The number of nitriles is 1. The summed E-state index contributed by atoms with van der Waals surface area (Å²) in [7, 11) is 0. The highest BCUT2D eigenvalue weighted by atomic mass is 16.6. The van der Waals surface area contributed by atoms with Crippen molar-refractivity contribution >= 4 is 34.4 Å². The average molecular weight is 468 g/mol. The number of nitro groups is 2. The molecule has 0 amide bonds. The maximum atomic E-state index is 11.5. The molecule has 2 rings (SSSR count). The Hall–Kier alpha value is -4.40. The maximum Gasteiger partial charge on any atom is 0.302 e. The van der Waals surface area contributed by atoms with Crippen LogP contribution in [0.1, 0.15) is 30.0 Å². The fourth-order valence-corrected chi connectivity index (χ4v) is 3.57. The van der Waals surface area contributed by atoms with E-state index in [-0.39, 0.29) is 46.8 Å². The normalized spacial score (nSPS) is 10.7. The zero-order valence-electron chi connectivity index (χ0n) is 19.3. The first-order valence-corrected chi connectivity index (χ1v) is 10.3. The Morgan fingerprint density at radius 3 is 2.03 bits per heavy atom. The number of carbonyl (C=O) groups excluding carboxylic acids is 1. The monoisotopic (exact) mass is 468 g/mol. The Morgan fingerprint density at radius 2 is 1.56 bits per heavy atom. The first-order chi connectivity index (χ1) is 16.1. The Bertz CT molecular complexity index is 1130. The number of azo groups is 1. The average Bonchev–Trinajstić information content (AvgIpc) is 2.75.